The van der Waals surface area contributed by atoms with Gasteiger partial charge in [0.05, 0.1) is 11.0 Å². The molecule has 2 nitrogen and oxygen atoms in total. The third kappa shape index (κ3) is 4.03. The molecule has 134 valence electrons. The Hall–Kier alpha value is -2.26. The van der Waals surface area contributed by atoms with Crippen LogP contribution < -0.4 is 0 Å². The highest BCUT2D eigenvalue weighted by molar-refractivity contribution is 6.35. The highest BCUT2D eigenvalue weighted by Gasteiger charge is 2.09. The third-order valence-corrected chi connectivity index (χ3v) is 5.09. The van der Waals surface area contributed by atoms with Crippen LogP contribution in [0.3, 0.4) is 0 Å². The average Bonchev–Trinajstić information content (AvgIpc) is 2.99. The number of aromatic nitrogens is 2. The van der Waals surface area contributed by atoms with Crippen molar-refractivity contribution in [3.05, 3.63) is 98.7 Å². The molecule has 1 heterocycles. The molecule has 0 fully saturated rings. The molecule has 4 aromatic rings. The number of benzene rings is 3. The highest BCUT2D eigenvalue weighted by Crippen LogP contribution is 2.24. The first kappa shape index (κ1) is 18.1. The van der Waals surface area contributed by atoms with Crippen LogP contribution >= 0.6 is 34.8 Å². The van der Waals surface area contributed by atoms with Crippen molar-refractivity contribution in [2.45, 2.75) is 6.54 Å². The molecule has 0 aliphatic rings. The number of fused-ring (bicyclic) bond motifs is 1. The van der Waals surface area contributed by atoms with Gasteiger partial charge in [-0.1, -0.05) is 65.1 Å². The fourth-order valence-corrected chi connectivity index (χ4v) is 3.69. The summed E-state index contributed by atoms with van der Waals surface area (Å²) in [6, 6.07) is 21.4. The van der Waals surface area contributed by atoms with Gasteiger partial charge in [-0.25, -0.2) is 4.98 Å². The van der Waals surface area contributed by atoms with Crippen LogP contribution in [-0.2, 0) is 6.54 Å². The lowest BCUT2D eigenvalue weighted by atomic mass is 10.2. The van der Waals surface area contributed by atoms with E-state index in [0.29, 0.717) is 16.6 Å². The summed E-state index contributed by atoms with van der Waals surface area (Å²) in [6.07, 6.45) is 3.92. The van der Waals surface area contributed by atoms with E-state index in [1.165, 1.54) is 0 Å². The van der Waals surface area contributed by atoms with Crippen molar-refractivity contribution in [3.63, 3.8) is 0 Å². The number of para-hydroxylation sites is 2. The molecule has 0 atom stereocenters. The van der Waals surface area contributed by atoms with E-state index in [-0.39, 0.29) is 0 Å². The van der Waals surface area contributed by atoms with E-state index in [9.17, 15) is 0 Å². The SMILES string of the molecule is Clc1cccc(Cn2c(C=Cc3ccc(Cl)cc3Cl)nc3ccccc32)c1. The van der Waals surface area contributed by atoms with Gasteiger partial charge in [-0.2, -0.15) is 0 Å². The summed E-state index contributed by atoms with van der Waals surface area (Å²) in [5, 5.41) is 1.95. The second-order valence-electron chi connectivity index (χ2n) is 6.17. The van der Waals surface area contributed by atoms with Crippen molar-refractivity contribution < 1.29 is 0 Å². The molecule has 5 heteroatoms. The maximum Gasteiger partial charge on any atom is 0.134 e. The van der Waals surface area contributed by atoms with Crippen molar-refractivity contribution >= 4 is 58.0 Å². The zero-order valence-corrected chi connectivity index (χ0v) is 16.5. The average molecular weight is 414 g/mol. The lowest BCUT2D eigenvalue weighted by Crippen LogP contribution is -2.02. The van der Waals surface area contributed by atoms with Gasteiger partial charge >= 0.3 is 0 Å². The van der Waals surface area contributed by atoms with Crippen molar-refractivity contribution in [2.24, 2.45) is 0 Å². The lowest BCUT2D eigenvalue weighted by molar-refractivity contribution is 0.814. The summed E-state index contributed by atoms with van der Waals surface area (Å²) in [5.41, 5.74) is 4.02. The Balaban J connectivity index is 1.76. The van der Waals surface area contributed by atoms with Gasteiger partial charge in [-0.05, 0) is 59.7 Å². The lowest BCUT2D eigenvalue weighted by Gasteiger charge is -2.08. The number of hydrogen-bond acceptors (Lipinski definition) is 1. The predicted octanol–water partition coefficient (Wildman–Crippen LogP) is 7.22. The molecule has 0 unspecified atom stereocenters. The molecule has 0 amide bonds. The summed E-state index contributed by atoms with van der Waals surface area (Å²) in [4.78, 5) is 4.77. The summed E-state index contributed by atoms with van der Waals surface area (Å²) >= 11 is 18.4. The highest BCUT2D eigenvalue weighted by atomic mass is 35.5. The summed E-state index contributed by atoms with van der Waals surface area (Å²) < 4.78 is 2.17. The minimum Gasteiger partial charge on any atom is -0.320 e. The molecule has 0 saturated carbocycles. The normalized spacial score (nSPS) is 11.5. The van der Waals surface area contributed by atoms with Gasteiger partial charge in [-0.3, -0.25) is 0 Å². The topological polar surface area (TPSA) is 17.8 Å². The number of rotatable bonds is 4. The van der Waals surface area contributed by atoms with Crippen LogP contribution in [0, 0.1) is 0 Å². The van der Waals surface area contributed by atoms with Crippen LogP contribution in [0.5, 0.6) is 0 Å². The molecule has 1 aromatic heterocycles. The number of imidazole rings is 1. The van der Waals surface area contributed by atoms with Gasteiger partial charge in [0.25, 0.3) is 0 Å². The van der Waals surface area contributed by atoms with E-state index in [1.54, 1.807) is 6.07 Å². The van der Waals surface area contributed by atoms with Gasteiger partial charge in [0, 0.05) is 21.6 Å². The van der Waals surface area contributed by atoms with Gasteiger partial charge in [0.15, 0.2) is 0 Å². The van der Waals surface area contributed by atoms with Crippen LogP contribution in [0.1, 0.15) is 17.0 Å². The molecule has 27 heavy (non-hydrogen) atoms. The Morgan fingerprint density at radius 1 is 0.815 bits per heavy atom. The van der Waals surface area contributed by atoms with E-state index in [4.69, 9.17) is 39.8 Å². The minimum absolute atomic E-state index is 0.608. The Kier molecular flexibility index (Phi) is 5.22. The van der Waals surface area contributed by atoms with Crippen LogP contribution in [0.2, 0.25) is 15.1 Å². The first-order valence-corrected chi connectivity index (χ1v) is 9.56. The van der Waals surface area contributed by atoms with E-state index in [1.807, 2.05) is 60.7 Å². The predicted molar refractivity (Wildman–Crippen MR) is 116 cm³/mol. The van der Waals surface area contributed by atoms with Gasteiger partial charge in [0.1, 0.15) is 5.82 Å². The Morgan fingerprint density at radius 2 is 1.63 bits per heavy atom. The zero-order chi connectivity index (χ0) is 18.8. The number of hydrogen-bond donors (Lipinski definition) is 0. The van der Waals surface area contributed by atoms with Gasteiger partial charge in [0.2, 0.25) is 0 Å². The fraction of sp³-hybridized carbons (Fsp3) is 0.0455. The van der Waals surface area contributed by atoms with Crippen molar-refractivity contribution in [1.29, 1.82) is 0 Å². The van der Waals surface area contributed by atoms with E-state index in [0.717, 1.165) is 33.0 Å². The molecule has 0 radical (unpaired) electrons. The summed E-state index contributed by atoms with van der Waals surface area (Å²) in [7, 11) is 0. The van der Waals surface area contributed by atoms with Gasteiger partial charge < -0.3 is 4.57 Å². The molecule has 4 rings (SSSR count). The Labute approximate surface area is 172 Å². The molecule has 0 bridgehead atoms. The van der Waals surface area contributed by atoms with E-state index >= 15 is 0 Å². The monoisotopic (exact) mass is 412 g/mol. The van der Waals surface area contributed by atoms with Crippen LogP contribution in [0.15, 0.2) is 66.7 Å². The fourth-order valence-electron chi connectivity index (χ4n) is 3.01. The molecule has 0 aliphatic heterocycles. The largest absolute Gasteiger partial charge is 0.320 e. The third-order valence-electron chi connectivity index (χ3n) is 4.29. The molecule has 3 aromatic carbocycles. The summed E-state index contributed by atoms with van der Waals surface area (Å²) in [6.45, 7) is 0.676. The van der Waals surface area contributed by atoms with Crippen molar-refractivity contribution in [2.75, 3.05) is 0 Å². The van der Waals surface area contributed by atoms with Gasteiger partial charge in [-0.15, -0.1) is 0 Å². The molecule has 0 spiro atoms. The Morgan fingerprint density at radius 3 is 2.44 bits per heavy atom. The van der Waals surface area contributed by atoms with Crippen LogP contribution in [0.25, 0.3) is 23.2 Å². The maximum atomic E-state index is 6.28. The minimum atomic E-state index is 0.608. The number of nitrogens with zero attached hydrogens (tertiary/aromatic N) is 2. The van der Waals surface area contributed by atoms with E-state index in [2.05, 4.69) is 16.7 Å². The standard InChI is InChI=1S/C22H15Cl3N2/c23-17-5-3-4-15(12-17)14-27-21-7-2-1-6-20(21)26-22(27)11-9-16-8-10-18(24)13-19(16)25/h1-13H,14H2. The second kappa shape index (κ2) is 7.77. The first-order chi connectivity index (χ1) is 13.1. The molecule has 0 aliphatic carbocycles. The smallest absolute Gasteiger partial charge is 0.134 e. The van der Waals surface area contributed by atoms with E-state index < -0.39 is 0 Å². The summed E-state index contributed by atoms with van der Waals surface area (Å²) in [5.74, 6) is 0.849. The Bertz CT molecular complexity index is 1150. The quantitative estimate of drug-likeness (QED) is 0.345. The second-order valence-corrected chi connectivity index (χ2v) is 7.45. The maximum absolute atomic E-state index is 6.28. The van der Waals surface area contributed by atoms with Crippen molar-refractivity contribution in [3.8, 4) is 0 Å². The molecular formula is C22H15Cl3N2. The first-order valence-electron chi connectivity index (χ1n) is 8.43. The zero-order valence-electron chi connectivity index (χ0n) is 14.2. The van der Waals surface area contributed by atoms with Crippen LogP contribution in [0.4, 0.5) is 0 Å². The number of halogens is 3. The molecular weight excluding hydrogens is 399 g/mol. The van der Waals surface area contributed by atoms with Crippen molar-refractivity contribution in [1.82, 2.24) is 9.55 Å². The molecule has 0 saturated heterocycles. The molecule has 0 N–H and O–H groups in total. The van der Waals surface area contributed by atoms with Crippen LogP contribution in [-0.4, -0.2) is 9.55 Å².